The van der Waals surface area contributed by atoms with E-state index in [0.29, 0.717) is 23.5 Å². The summed E-state index contributed by atoms with van der Waals surface area (Å²) in [5, 5.41) is 14.0. The number of morpholine rings is 1. The van der Waals surface area contributed by atoms with E-state index in [1.807, 2.05) is 12.1 Å². The molecule has 1 saturated heterocycles. The molecule has 1 saturated carbocycles. The third kappa shape index (κ3) is 4.02. The van der Waals surface area contributed by atoms with Crippen LogP contribution < -0.4 is 4.90 Å². The first kappa shape index (κ1) is 18.6. The molecule has 3 heterocycles. The molecule has 5 rings (SSSR count). The number of rotatable bonds is 7. The Hall–Kier alpha value is -2.39. The van der Waals surface area contributed by atoms with E-state index in [2.05, 4.69) is 48.9 Å². The first-order valence-corrected chi connectivity index (χ1v) is 11.1. The molecule has 0 N–H and O–H groups in total. The largest absolute Gasteiger partial charge is 0.378 e. The molecule has 0 atom stereocenters. The molecule has 9 heteroatoms. The Morgan fingerprint density at radius 3 is 2.62 bits per heavy atom. The van der Waals surface area contributed by atoms with Crippen LogP contribution in [-0.2, 0) is 16.9 Å². The number of nitrogens with zero attached hydrogens (tertiary/aromatic N) is 6. The molecule has 29 heavy (non-hydrogen) atoms. The summed E-state index contributed by atoms with van der Waals surface area (Å²) >= 11 is 1.60. The molecule has 0 bridgehead atoms. The first-order valence-electron chi connectivity index (χ1n) is 10.1. The number of hydrogen-bond acceptors (Lipinski definition) is 8. The van der Waals surface area contributed by atoms with Crippen molar-refractivity contribution in [1.82, 2.24) is 24.9 Å². The summed E-state index contributed by atoms with van der Waals surface area (Å²) in [6.07, 6.45) is 3.38. The van der Waals surface area contributed by atoms with Gasteiger partial charge in [0.1, 0.15) is 0 Å². The molecule has 0 spiro atoms. The van der Waals surface area contributed by atoms with Gasteiger partial charge in [0.05, 0.1) is 19.0 Å². The van der Waals surface area contributed by atoms with E-state index in [0.717, 1.165) is 49.4 Å². The predicted octanol–water partition coefficient (Wildman–Crippen LogP) is 3.35. The highest BCUT2D eigenvalue weighted by atomic mass is 32.2. The maximum Gasteiger partial charge on any atom is 0.237 e. The van der Waals surface area contributed by atoms with Crippen molar-refractivity contribution in [2.45, 2.75) is 43.1 Å². The number of benzene rings is 1. The fraction of sp³-hybridized carbons (Fsp3) is 0.500. The Morgan fingerprint density at radius 2 is 1.90 bits per heavy atom. The Kier molecular flexibility index (Phi) is 5.24. The minimum absolute atomic E-state index is 0.501. The average molecular weight is 413 g/mol. The number of anilines is 1. The van der Waals surface area contributed by atoms with Crippen molar-refractivity contribution in [1.29, 1.82) is 0 Å². The van der Waals surface area contributed by atoms with Gasteiger partial charge in [-0.05, 0) is 24.8 Å². The monoisotopic (exact) mass is 412 g/mol. The maximum absolute atomic E-state index is 5.47. The van der Waals surface area contributed by atoms with Gasteiger partial charge in [0.2, 0.25) is 17.7 Å². The van der Waals surface area contributed by atoms with Crippen molar-refractivity contribution < 1.29 is 9.26 Å². The number of thioether (sulfide) groups is 1. The Balaban J connectivity index is 1.29. The minimum atomic E-state index is 0.501. The lowest BCUT2D eigenvalue weighted by Crippen LogP contribution is -2.38. The van der Waals surface area contributed by atoms with Gasteiger partial charge in [0.15, 0.2) is 5.16 Å². The number of hydrogen-bond donors (Lipinski definition) is 0. The molecule has 152 valence electrons. The van der Waals surface area contributed by atoms with E-state index in [4.69, 9.17) is 9.26 Å². The van der Waals surface area contributed by atoms with E-state index >= 15 is 0 Å². The standard InChI is InChI=1S/C20H24N6O2S/c1-2-14-3-5-15(6-4-14)18-21-17(28-24-18)13-29-20-23-22-19(26(20)16-7-8-16)25-9-11-27-12-10-25/h3-6,16H,2,7-13H2,1H3. The van der Waals surface area contributed by atoms with E-state index in [9.17, 15) is 0 Å². The van der Waals surface area contributed by atoms with Gasteiger partial charge in [0, 0.05) is 24.7 Å². The number of aromatic nitrogens is 5. The third-order valence-electron chi connectivity index (χ3n) is 5.27. The zero-order valence-electron chi connectivity index (χ0n) is 16.5. The molecule has 2 aromatic heterocycles. The SMILES string of the molecule is CCc1ccc(-c2noc(CSc3nnc(N4CCOCC4)n3C3CC3)n2)cc1. The zero-order chi connectivity index (χ0) is 19.6. The van der Waals surface area contributed by atoms with Crippen molar-refractivity contribution in [3.63, 3.8) is 0 Å². The van der Waals surface area contributed by atoms with Crippen LogP contribution in [0.1, 0.15) is 37.3 Å². The summed E-state index contributed by atoms with van der Waals surface area (Å²) in [6, 6.07) is 8.79. The second kappa shape index (κ2) is 8.16. The Labute approximate surface area is 173 Å². The molecule has 1 aliphatic heterocycles. The van der Waals surface area contributed by atoms with Crippen LogP contribution in [0.15, 0.2) is 33.9 Å². The highest BCUT2D eigenvalue weighted by Crippen LogP contribution is 2.41. The second-order valence-corrected chi connectivity index (χ2v) is 8.28. The quantitative estimate of drug-likeness (QED) is 0.547. The summed E-state index contributed by atoms with van der Waals surface area (Å²) in [5.41, 5.74) is 2.27. The topological polar surface area (TPSA) is 82.1 Å². The molecule has 1 aromatic carbocycles. The van der Waals surface area contributed by atoms with Gasteiger partial charge in [0.25, 0.3) is 0 Å². The lowest BCUT2D eigenvalue weighted by Gasteiger charge is -2.27. The molecule has 8 nitrogen and oxygen atoms in total. The third-order valence-corrected chi connectivity index (χ3v) is 6.19. The van der Waals surface area contributed by atoms with Crippen LogP contribution in [0.25, 0.3) is 11.4 Å². The van der Waals surface area contributed by atoms with Crippen LogP contribution in [0, 0.1) is 0 Å². The van der Waals surface area contributed by atoms with E-state index in [1.54, 1.807) is 11.8 Å². The smallest absolute Gasteiger partial charge is 0.237 e. The van der Waals surface area contributed by atoms with Crippen molar-refractivity contribution in [3.05, 3.63) is 35.7 Å². The normalized spacial score (nSPS) is 17.1. The summed E-state index contributed by atoms with van der Waals surface area (Å²) in [6.45, 7) is 5.34. The minimum Gasteiger partial charge on any atom is -0.378 e. The van der Waals surface area contributed by atoms with E-state index in [1.165, 1.54) is 18.4 Å². The molecule has 2 fully saturated rings. The van der Waals surface area contributed by atoms with Gasteiger partial charge in [-0.15, -0.1) is 10.2 Å². The molecule has 0 radical (unpaired) electrons. The second-order valence-electron chi connectivity index (χ2n) is 7.33. The molecule has 0 amide bonds. The van der Waals surface area contributed by atoms with E-state index < -0.39 is 0 Å². The molecule has 1 aliphatic carbocycles. The van der Waals surface area contributed by atoms with Gasteiger partial charge >= 0.3 is 0 Å². The van der Waals surface area contributed by atoms with Crippen LogP contribution >= 0.6 is 11.8 Å². The van der Waals surface area contributed by atoms with Crippen LogP contribution in [0.5, 0.6) is 0 Å². The number of aryl methyl sites for hydroxylation is 1. The molecule has 2 aliphatic rings. The van der Waals surface area contributed by atoms with Gasteiger partial charge in [-0.25, -0.2) is 0 Å². The highest BCUT2D eigenvalue weighted by molar-refractivity contribution is 7.98. The summed E-state index contributed by atoms with van der Waals surface area (Å²) in [4.78, 5) is 6.82. The van der Waals surface area contributed by atoms with Gasteiger partial charge < -0.3 is 14.2 Å². The highest BCUT2D eigenvalue weighted by Gasteiger charge is 2.32. The zero-order valence-corrected chi connectivity index (χ0v) is 17.3. The predicted molar refractivity (Wildman–Crippen MR) is 110 cm³/mol. The van der Waals surface area contributed by atoms with Crippen LogP contribution in [0.4, 0.5) is 5.95 Å². The van der Waals surface area contributed by atoms with Crippen LogP contribution in [-0.4, -0.2) is 51.2 Å². The van der Waals surface area contributed by atoms with Crippen molar-refractivity contribution in [2.24, 2.45) is 0 Å². The average Bonchev–Trinajstić information content (AvgIpc) is 3.35. The lowest BCUT2D eigenvalue weighted by molar-refractivity contribution is 0.121. The summed E-state index contributed by atoms with van der Waals surface area (Å²) in [5.74, 6) is 2.76. The van der Waals surface area contributed by atoms with Crippen molar-refractivity contribution in [2.75, 3.05) is 31.2 Å². The van der Waals surface area contributed by atoms with Gasteiger partial charge in [-0.3, -0.25) is 4.57 Å². The molecule has 0 unspecified atom stereocenters. The molecule has 3 aromatic rings. The van der Waals surface area contributed by atoms with Gasteiger partial charge in [-0.1, -0.05) is 48.1 Å². The molecular weight excluding hydrogens is 388 g/mol. The van der Waals surface area contributed by atoms with E-state index in [-0.39, 0.29) is 0 Å². The molecular formula is C20H24N6O2S. The fourth-order valence-electron chi connectivity index (χ4n) is 3.45. The van der Waals surface area contributed by atoms with Crippen LogP contribution in [0.2, 0.25) is 0 Å². The van der Waals surface area contributed by atoms with Crippen LogP contribution in [0.3, 0.4) is 0 Å². The Morgan fingerprint density at radius 1 is 1.10 bits per heavy atom. The first-order chi connectivity index (χ1) is 14.3. The fourth-order valence-corrected chi connectivity index (χ4v) is 4.28. The van der Waals surface area contributed by atoms with Gasteiger partial charge in [-0.2, -0.15) is 4.98 Å². The summed E-state index contributed by atoms with van der Waals surface area (Å²) < 4.78 is 13.2. The number of ether oxygens (including phenoxy) is 1. The lowest BCUT2D eigenvalue weighted by atomic mass is 10.1. The maximum atomic E-state index is 5.47. The summed E-state index contributed by atoms with van der Waals surface area (Å²) in [7, 11) is 0. The van der Waals surface area contributed by atoms with Crippen molar-refractivity contribution >= 4 is 17.7 Å². The van der Waals surface area contributed by atoms with Crippen molar-refractivity contribution in [3.8, 4) is 11.4 Å². The Bertz CT molecular complexity index is 960.